The number of benzene rings is 1. The minimum atomic E-state index is -3.90. The fourth-order valence-electron chi connectivity index (χ4n) is 1.65. The van der Waals surface area contributed by atoms with Crippen LogP contribution in [0.1, 0.15) is 5.56 Å². The van der Waals surface area contributed by atoms with Gasteiger partial charge in [0, 0.05) is 12.3 Å². The first-order chi connectivity index (χ1) is 9.85. The molecule has 112 valence electrons. The number of hydrogen-bond acceptors (Lipinski definition) is 4. The highest BCUT2D eigenvalue weighted by molar-refractivity contribution is 7.92. The predicted molar refractivity (Wildman–Crippen MR) is 82.8 cm³/mol. The number of ether oxygens (including phenoxy) is 1. The van der Waals surface area contributed by atoms with Crippen LogP contribution in [0.25, 0.3) is 0 Å². The topological polar surface area (TPSA) is 68.3 Å². The Balaban J connectivity index is 2.45. The van der Waals surface area contributed by atoms with Gasteiger partial charge in [-0.25, -0.2) is 13.4 Å². The number of hydrogen-bond donors (Lipinski definition) is 1. The molecule has 2 aromatic rings. The van der Waals surface area contributed by atoms with Crippen molar-refractivity contribution in [1.82, 2.24) is 4.98 Å². The second kappa shape index (κ2) is 6.09. The first-order valence-electron chi connectivity index (χ1n) is 5.82. The van der Waals surface area contributed by atoms with Gasteiger partial charge in [-0.15, -0.1) is 0 Å². The summed E-state index contributed by atoms with van der Waals surface area (Å²) in [4.78, 5) is 3.84. The zero-order chi connectivity index (χ0) is 15.6. The number of sulfonamides is 1. The number of aryl methyl sites for hydroxylation is 1. The largest absolute Gasteiger partial charge is 0.495 e. The number of halogens is 2. The van der Waals surface area contributed by atoms with E-state index in [0.717, 1.165) is 0 Å². The third-order valence-corrected chi connectivity index (χ3v) is 4.84. The van der Waals surface area contributed by atoms with Gasteiger partial charge in [0.15, 0.2) is 0 Å². The monoisotopic (exact) mass is 346 g/mol. The van der Waals surface area contributed by atoms with Gasteiger partial charge in [-0.05, 0) is 24.6 Å². The molecular formula is C13H12Cl2N2O3S. The first-order valence-corrected chi connectivity index (χ1v) is 8.06. The summed E-state index contributed by atoms with van der Waals surface area (Å²) in [5.41, 5.74) is 0.691. The first kappa shape index (κ1) is 15.9. The van der Waals surface area contributed by atoms with Crippen LogP contribution in [0.4, 0.5) is 5.82 Å². The zero-order valence-electron chi connectivity index (χ0n) is 11.2. The molecule has 0 saturated carbocycles. The molecule has 0 saturated heterocycles. The highest BCUT2D eigenvalue weighted by atomic mass is 35.5. The van der Waals surface area contributed by atoms with Gasteiger partial charge in [0.1, 0.15) is 16.5 Å². The Labute approximate surface area is 132 Å². The Hall–Kier alpha value is -1.50. The maximum Gasteiger partial charge on any atom is 0.264 e. The molecule has 0 aliphatic heterocycles. The van der Waals surface area contributed by atoms with Gasteiger partial charge < -0.3 is 4.74 Å². The molecule has 21 heavy (non-hydrogen) atoms. The van der Waals surface area contributed by atoms with Crippen molar-refractivity contribution < 1.29 is 13.2 Å². The van der Waals surface area contributed by atoms with Crippen molar-refractivity contribution in [2.45, 2.75) is 11.8 Å². The summed E-state index contributed by atoms with van der Waals surface area (Å²) in [5, 5.41) is 0.164. The second-order valence-electron chi connectivity index (χ2n) is 4.19. The summed E-state index contributed by atoms with van der Waals surface area (Å²) >= 11 is 11.9. The number of methoxy groups -OCH3 is 1. The molecule has 1 N–H and O–H groups in total. The molecule has 5 nitrogen and oxygen atoms in total. The molecule has 2 rings (SSSR count). The van der Waals surface area contributed by atoms with E-state index in [0.29, 0.717) is 11.3 Å². The molecule has 0 unspecified atom stereocenters. The highest BCUT2D eigenvalue weighted by Gasteiger charge is 2.21. The Morgan fingerprint density at radius 1 is 1.24 bits per heavy atom. The quantitative estimate of drug-likeness (QED) is 0.919. The van der Waals surface area contributed by atoms with Crippen molar-refractivity contribution in [1.29, 1.82) is 0 Å². The van der Waals surface area contributed by atoms with E-state index in [-0.39, 0.29) is 20.8 Å². The maximum absolute atomic E-state index is 12.4. The lowest BCUT2D eigenvalue weighted by molar-refractivity contribution is 0.414. The van der Waals surface area contributed by atoms with Crippen LogP contribution in [0, 0.1) is 6.92 Å². The van der Waals surface area contributed by atoms with Crippen molar-refractivity contribution in [3.63, 3.8) is 0 Å². The van der Waals surface area contributed by atoms with E-state index >= 15 is 0 Å². The van der Waals surface area contributed by atoms with Crippen LogP contribution in [0.3, 0.4) is 0 Å². The zero-order valence-corrected chi connectivity index (χ0v) is 13.6. The summed E-state index contributed by atoms with van der Waals surface area (Å²) < 4.78 is 32.2. The Morgan fingerprint density at radius 2 is 1.95 bits per heavy atom. The van der Waals surface area contributed by atoms with Crippen LogP contribution in [0.15, 0.2) is 35.4 Å². The molecule has 1 aromatic heterocycles. The SMILES string of the molecule is COc1cc(Cl)c(S(=O)(=O)Nc2ncccc2C)cc1Cl. The maximum atomic E-state index is 12.4. The third-order valence-electron chi connectivity index (χ3n) is 2.74. The third kappa shape index (κ3) is 3.40. The fraction of sp³-hybridized carbons (Fsp3) is 0.154. The number of aromatic nitrogens is 1. The molecule has 0 radical (unpaired) electrons. The number of pyridine rings is 1. The van der Waals surface area contributed by atoms with Gasteiger partial charge in [-0.1, -0.05) is 29.3 Å². The summed E-state index contributed by atoms with van der Waals surface area (Å²) in [6.07, 6.45) is 1.49. The van der Waals surface area contributed by atoms with Crippen molar-refractivity contribution in [2.75, 3.05) is 11.8 Å². The van der Waals surface area contributed by atoms with E-state index in [1.165, 1.54) is 25.4 Å². The summed E-state index contributed by atoms with van der Waals surface area (Å²) in [5.74, 6) is 0.537. The fourth-order valence-corrected chi connectivity index (χ4v) is 3.58. The van der Waals surface area contributed by atoms with E-state index in [2.05, 4.69) is 9.71 Å². The van der Waals surface area contributed by atoms with Gasteiger partial charge in [-0.2, -0.15) is 0 Å². The van der Waals surface area contributed by atoms with Crippen LogP contribution in [-0.2, 0) is 10.0 Å². The normalized spacial score (nSPS) is 11.2. The molecule has 0 amide bonds. The summed E-state index contributed by atoms with van der Waals surface area (Å²) in [7, 11) is -2.48. The molecule has 1 heterocycles. The minimum Gasteiger partial charge on any atom is -0.495 e. The lowest BCUT2D eigenvalue weighted by atomic mass is 10.3. The lowest BCUT2D eigenvalue weighted by Crippen LogP contribution is -2.15. The Bertz CT molecular complexity index is 779. The van der Waals surface area contributed by atoms with Crippen molar-refractivity contribution in [3.05, 3.63) is 46.1 Å². The number of rotatable bonds is 4. The van der Waals surface area contributed by atoms with Crippen molar-refractivity contribution >= 4 is 39.0 Å². The average Bonchev–Trinajstić information content (AvgIpc) is 2.43. The van der Waals surface area contributed by atoms with Crippen LogP contribution >= 0.6 is 23.2 Å². The standard InChI is InChI=1S/C13H12Cl2N2O3S/c1-8-4-3-5-16-13(8)17-21(18,19)12-7-9(14)11(20-2)6-10(12)15/h3-7H,1-2H3,(H,16,17). The van der Waals surface area contributed by atoms with Gasteiger partial charge in [0.05, 0.1) is 17.2 Å². The molecule has 0 atom stereocenters. The average molecular weight is 347 g/mol. The van der Waals surface area contributed by atoms with Gasteiger partial charge >= 0.3 is 0 Å². The van der Waals surface area contributed by atoms with E-state index < -0.39 is 10.0 Å². The smallest absolute Gasteiger partial charge is 0.264 e. The molecule has 0 fully saturated rings. The van der Waals surface area contributed by atoms with Crippen LogP contribution in [0.5, 0.6) is 5.75 Å². The van der Waals surface area contributed by atoms with Crippen LogP contribution in [-0.4, -0.2) is 20.5 Å². The molecule has 1 aromatic carbocycles. The van der Waals surface area contributed by atoms with Crippen molar-refractivity contribution in [3.8, 4) is 5.75 Å². The van der Waals surface area contributed by atoms with Gasteiger partial charge in [0.2, 0.25) is 0 Å². The second-order valence-corrected chi connectivity index (χ2v) is 6.66. The van der Waals surface area contributed by atoms with Gasteiger partial charge in [-0.3, -0.25) is 4.72 Å². The predicted octanol–water partition coefficient (Wildman–Crippen LogP) is 3.51. The van der Waals surface area contributed by atoms with E-state index in [9.17, 15) is 8.42 Å². The lowest BCUT2D eigenvalue weighted by Gasteiger charge is -2.12. The minimum absolute atomic E-state index is 0.0114. The Morgan fingerprint density at radius 3 is 2.57 bits per heavy atom. The molecule has 0 bridgehead atoms. The summed E-state index contributed by atoms with van der Waals surface area (Å²) in [6, 6.07) is 6.05. The molecule has 0 aliphatic rings. The number of nitrogens with one attached hydrogen (secondary N) is 1. The van der Waals surface area contributed by atoms with Crippen LogP contribution in [0.2, 0.25) is 10.0 Å². The van der Waals surface area contributed by atoms with Crippen molar-refractivity contribution in [2.24, 2.45) is 0 Å². The van der Waals surface area contributed by atoms with E-state index in [1.54, 1.807) is 19.1 Å². The number of anilines is 1. The number of nitrogens with zero attached hydrogens (tertiary/aromatic N) is 1. The van der Waals surface area contributed by atoms with E-state index in [4.69, 9.17) is 27.9 Å². The molecule has 0 aliphatic carbocycles. The highest BCUT2D eigenvalue weighted by Crippen LogP contribution is 2.34. The van der Waals surface area contributed by atoms with Gasteiger partial charge in [0.25, 0.3) is 10.0 Å². The Kier molecular flexibility index (Phi) is 4.61. The van der Waals surface area contributed by atoms with E-state index in [1.807, 2.05) is 0 Å². The summed E-state index contributed by atoms with van der Waals surface area (Å²) in [6.45, 7) is 1.74. The van der Waals surface area contributed by atoms with Crippen LogP contribution < -0.4 is 9.46 Å². The molecular weight excluding hydrogens is 335 g/mol. The molecule has 0 spiro atoms. The molecule has 8 heteroatoms.